The summed E-state index contributed by atoms with van der Waals surface area (Å²) >= 11 is 0. The summed E-state index contributed by atoms with van der Waals surface area (Å²) in [6.07, 6.45) is 0.279. The van der Waals surface area contributed by atoms with Gasteiger partial charge in [0.1, 0.15) is 24.7 Å². The summed E-state index contributed by atoms with van der Waals surface area (Å²) in [6, 6.07) is 28.6. The van der Waals surface area contributed by atoms with E-state index in [0.29, 0.717) is 23.6 Å². The van der Waals surface area contributed by atoms with Crippen LogP contribution in [0.25, 0.3) is 11.3 Å². The molecule has 34 heavy (non-hydrogen) atoms. The zero-order valence-electron chi connectivity index (χ0n) is 18.5. The first-order valence-corrected chi connectivity index (χ1v) is 10.9. The van der Waals surface area contributed by atoms with Crippen molar-refractivity contribution in [2.45, 2.75) is 26.1 Å². The summed E-state index contributed by atoms with van der Waals surface area (Å²) in [7, 11) is 0. The molecule has 4 rings (SSSR count). The van der Waals surface area contributed by atoms with Crippen LogP contribution in [0.5, 0.6) is 5.75 Å². The van der Waals surface area contributed by atoms with Crippen LogP contribution in [-0.2, 0) is 22.8 Å². The molecule has 1 heterocycles. The van der Waals surface area contributed by atoms with Gasteiger partial charge in [0, 0.05) is 18.1 Å². The highest BCUT2D eigenvalue weighted by atomic mass is 16.6. The highest BCUT2D eigenvalue weighted by Gasteiger charge is 2.09. The van der Waals surface area contributed by atoms with Gasteiger partial charge in [-0.2, -0.15) is 0 Å². The number of nitrogens with zero attached hydrogens (tertiary/aromatic N) is 2. The Morgan fingerprint density at radius 2 is 1.59 bits per heavy atom. The summed E-state index contributed by atoms with van der Waals surface area (Å²) in [4.78, 5) is 16.5. The molecule has 0 saturated carbocycles. The van der Waals surface area contributed by atoms with Gasteiger partial charge in [-0.3, -0.25) is 4.79 Å². The van der Waals surface area contributed by atoms with E-state index in [1.54, 1.807) is 0 Å². The minimum absolute atomic E-state index is 0.0127. The highest BCUT2D eigenvalue weighted by molar-refractivity contribution is 6.01. The first kappa shape index (κ1) is 22.8. The largest absolute Gasteiger partial charge is 0.486 e. The lowest BCUT2D eigenvalue weighted by Gasteiger charge is -2.07. The van der Waals surface area contributed by atoms with E-state index in [2.05, 4.69) is 10.3 Å². The average molecular weight is 456 g/mol. The van der Waals surface area contributed by atoms with Gasteiger partial charge >= 0.3 is 5.97 Å². The Bertz CT molecular complexity index is 1220. The van der Waals surface area contributed by atoms with Crippen molar-refractivity contribution in [1.82, 2.24) is 5.16 Å². The molecule has 172 valence electrons. The minimum Gasteiger partial charge on any atom is -0.486 e. The lowest BCUT2D eigenvalue weighted by Crippen LogP contribution is -2.06. The molecule has 4 aromatic rings. The highest BCUT2D eigenvalue weighted by Crippen LogP contribution is 2.20. The second-order valence-corrected chi connectivity index (χ2v) is 7.55. The Labute approximate surface area is 197 Å². The molecule has 0 atom stereocenters. The standard InChI is InChI=1S/C27H24N2O5/c30-27(31)16-15-25(21-7-3-1-4-8-21)28-33-18-20-11-13-23(14-12-20)32-19-24-17-26(29-34-24)22-9-5-2-6-10-22/h1-14,17H,15-16,18-19H2,(H,30,31). The molecule has 0 aliphatic heterocycles. The normalized spacial score (nSPS) is 11.2. The zero-order chi connectivity index (χ0) is 23.6. The van der Waals surface area contributed by atoms with E-state index in [4.69, 9.17) is 19.2 Å². The quantitative estimate of drug-likeness (QED) is 0.230. The van der Waals surface area contributed by atoms with Gasteiger partial charge in [-0.25, -0.2) is 0 Å². The molecule has 7 nitrogen and oxygen atoms in total. The molecule has 0 fully saturated rings. The van der Waals surface area contributed by atoms with Crippen molar-refractivity contribution in [3.05, 3.63) is 108 Å². The second-order valence-electron chi connectivity index (χ2n) is 7.55. The van der Waals surface area contributed by atoms with Crippen LogP contribution in [0, 0.1) is 0 Å². The van der Waals surface area contributed by atoms with Crippen LogP contribution >= 0.6 is 0 Å². The van der Waals surface area contributed by atoms with Crippen molar-refractivity contribution in [3.8, 4) is 17.0 Å². The van der Waals surface area contributed by atoms with Gasteiger partial charge in [0.2, 0.25) is 0 Å². The van der Waals surface area contributed by atoms with Crippen molar-refractivity contribution in [2.24, 2.45) is 5.16 Å². The average Bonchev–Trinajstić information content (AvgIpc) is 3.36. The number of aliphatic carboxylic acids is 1. The van der Waals surface area contributed by atoms with Crippen LogP contribution in [0.3, 0.4) is 0 Å². The monoisotopic (exact) mass is 456 g/mol. The number of carbonyl (C=O) groups is 1. The number of ether oxygens (including phenoxy) is 1. The molecule has 7 heteroatoms. The summed E-state index contributed by atoms with van der Waals surface area (Å²) in [5.74, 6) is 0.451. The maximum atomic E-state index is 11.0. The Balaban J connectivity index is 1.30. The van der Waals surface area contributed by atoms with Gasteiger partial charge < -0.3 is 19.2 Å². The molecule has 0 amide bonds. The number of carboxylic acids is 1. The van der Waals surface area contributed by atoms with E-state index in [1.165, 1.54) is 0 Å². The summed E-state index contributed by atoms with van der Waals surface area (Å²) in [6.45, 7) is 0.524. The molecule has 3 aromatic carbocycles. The molecular formula is C27H24N2O5. The van der Waals surface area contributed by atoms with Gasteiger partial charge in [0.05, 0.1) is 12.1 Å². The van der Waals surface area contributed by atoms with Gasteiger partial charge in [0.15, 0.2) is 5.76 Å². The zero-order valence-corrected chi connectivity index (χ0v) is 18.5. The maximum absolute atomic E-state index is 11.0. The number of carboxylic acid groups (broad SMARTS) is 1. The first-order valence-electron chi connectivity index (χ1n) is 10.9. The Kier molecular flexibility index (Phi) is 7.69. The molecular weight excluding hydrogens is 432 g/mol. The predicted molar refractivity (Wildman–Crippen MR) is 127 cm³/mol. The van der Waals surface area contributed by atoms with Crippen molar-refractivity contribution >= 4 is 11.7 Å². The maximum Gasteiger partial charge on any atom is 0.303 e. The first-order chi connectivity index (χ1) is 16.7. The third-order valence-corrected chi connectivity index (χ3v) is 5.02. The van der Waals surface area contributed by atoms with Gasteiger partial charge in [0.25, 0.3) is 0 Å². The van der Waals surface area contributed by atoms with Gasteiger partial charge in [-0.15, -0.1) is 0 Å². The molecule has 1 aromatic heterocycles. The van der Waals surface area contributed by atoms with E-state index in [1.807, 2.05) is 91.0 Å². The van der Waals surface area contributed by atoms with E-state index < -0.39 is 5.97 Å². The molecule has 0 bridgehead atoms. The molecule has 0 unspecified atom stereocenters. The molecule has 0 aliphatic carbocycles. The van der Waals surface area contributed by atoms with Crippen molar-refractivity contribution < 1.29 is 24.0 Å². The smallest absolute Gasteiger partial charge is 0.303 e. The van der Waals surface area contributed by atoms with Crippen LogP contribution in [0.1, 0.15) is 29.7 Å². The predicted octanol–water partition coefficient (Wildman–Crippen LogP) is 5.71. The summed E-state index contributed by atoms with van der Waals surface area (Å²) in [5, 5.41) is 17.3. The number of hydrogen-bond acceptors (Lipinski definition) is 6. The summed E-state index contributed by atoms with van der Waals surface area (Å²) in [5.41, 5.74) is 4.11. The number of rotatable bonds is 11. The third kappa shape index (κ3) is 6.56. The Hall–Kier alpha value is -4.39. The molecule has 0 radical (unpaired) electrons. The molecule has 0 aliphatic rings. The third-order valence-electron chi connectivity index (χ3n) is 5.02. The van der Waals surface area contributed by atoms with Crippen LogP contribution < -0.4 is 4.74 Å². The molecule has 1 N–H and O–H groups in total. The number of benzene rings is 3. The number of hydrogen-bond donors (Lipinski definition) is 1. The lowest BCUT2D eigenvalue weighted by molar-refractivity contribution is -0.136. The number of aromatic nitrogens is 1. The van der Waals surface area contributed by atoms with Crippen molar-refractivity contribution in [2.75, 3.05) is 0 Å². The lowest BCUT2D eigenvalue weighted by atomic mass is 10.1. The van der Waals surface area contributed by atoms with E-state index >= 15 is 0 Å². The van der Waals surface area contributed by atoms with Crippen LogP contribution in [0.2, 0.25) is 0 Å². The molecule has 0 spiro atoms. The van der Waals surface area contributed by atoms with E-state index in [0.717, 1.165) is 22.4 Å². The van der Waals surface area contributed by atoms with Crippen LogP contribution in [-0.4, -0.2) is 21.9 Å². The fraction of sp³-hybridized carbons (Fsp3) is 0.148. The minimum atomic E-state index is -0.874. The fourth-order valence-electron chi connectivity index (χ4n) is 3.25. The van der Waals surface area contributed by atoms with E-state index in [9.17, 15) is 4.79 Å². The van der Waals surface area contributed by atoms with Gasteiger partial charge in [-0.1, -0.05) is 83.1 Å². The van der Waals surface area contributed by atoms with E-state index in [-0.39, 0.29) is 19.6 Å². The second kappa shape index (κ2) is 11.5. The van der Waals surface area contributed by atoms with Crippen molar-refractivity contribution in [3.63, 3.8) is 0 Å². The van der Waals surface area contributed by atoms with Crippen LogP contribution in [0.15, 0.2) is 101 Å². The Morgan fingerprint density at radius 1 is 0.882 bits per heavy atom. The molecule has 0 saturated heterocycles. The fourth-order valence-corrected chi connectivity index (χ4v) is 3.25. The van der Waals surface area contributed by atoms with Crippen molar-refractivity contribution in [1.29, 1.82) is 0 Å². The van der Waals surface area contributed by atoms with Gasteiger partial charge in [-0.05, 0) is 23.3 Å². The summed E-state index contributed by atoms with van der Waals surface area (Å²) < 4.78 is 11.2. The topological polar surface area (TPSA) is 94.2 Å². The van der Waals surface area contributed by atoms with Crippen LogP contribution in [0.4, 0.5) is 0 Å². The SMILES string of the molecule is O=C(O)CCC(=NOCc1ccc(OCc2cc(-c3ccccc3)no2)cc1)c1ccccc1. The Morgan fingerprint density at radius 3 is 2.29 bits per heavy atom. The number of oxime groups is 1.